The summed E-state index contributed by atoms with van der Waals surface area (Å²) in [6.45, 7) is 3.57. The van der Waals surface area contributed by atoms with Gasteiger partial charge in [-0.05, 0) is 25.0 Å². The zero-order valence-corrected chi connectivity index (χ0v) is 17.1. The molecule has 0 saturated carbocycles. The molecule has 1 unspecified atom stereocenters. The normalized spacial score (nSPS) is 17.4. The van der Waals surface area contributed by atoms with Gasteiger partial charge in [0.2, 0.25) is 0 Å². The molecule has 1 fully saturated rings. The van der Waals surface area contributed by atoms with Gasteiger partial charge in [0, 0.05) is 46.4 Å². The van der Waals surface area contributed by atoms with Gasteiger partial charge in [0.1, 0.15) is 5.75 Å². The average molecular weight is 448 g/mol. The van der Waals surface area contributed by atoms with Crippen molar-refractivity contribution in [3.8, 4) is 5.75 Å². The van der Waals surface area contributed by atoms with Crippen molar-refractivity contribution in [3.05, 3.63) is 24.3 Å². The van der Waals surface area contributed by atoms with Crippen LogP contribution < -0.4 is 20.3 Å². The quantitative estimate of drug-likeness (QED) is 0.290. The van der Waals surface area contributed by atoms with E-state index in [0.29, 0.717) is 6.04 Å². The van der Waals surface area contributed by atoms with E-state index in [-0.39, 0.29) is 24.0 Å². The molecule has 1 aliphatic rings. The van der Waals surface area contributed by atoms with Crippen LogP contribution in [0.2, 0.25) is 0 Å². The van der Waals surface area contributed by atoms with E-state index >= 15 is 0 Å². The van der Waals surface area contributed by atoms with E-state index in [1.807, 2.05) is 12.1 Å². The Morgan fingerprint density at radius 2 is 2.12 bits per heavy atom. The number of aliphatic imine (C=N–C) groups is 1. The predicted molar refractivity (Wildman–Crippen MR) is 110 cm³/mol. The van der Waals surface area contributed by atoms with Crippen molar-refractivity contribution in [2.75, 3.05) is 52.4 Å². The molecule has 6 nitrogen and oxygen atoms in total. The largest absolute Gasteiger partial charge is 0.495 e. The predicted octanol–water partition coefficient (Wildman–Crippen LogP) is 2.09. The Morgan fingerprint density at radius 3 is 2.83 bits per heavy atom. The number of halogens is 1. The van der Waals surface area contributed by atoms with Gasteiger partial charge in [-0.1, -0.05) is 12.1 Å². The summed E-state index contributed by atoms with van der Waals surface area (Å²) < 4.78 is 10.5. The minimum atomic E-state index is 0. The molecule has 136 valence electrons. The van der Waals surface area contributed by atoms with Crippen LogP contribution in [-0.2, 0) is 4.74 Å². The van der Waals surface area contributed by atoms with E-state index in [4.69, 9.17) is 9.47 Å². The van der Waals surface area contributed by atoms with E-state index in [2.05, 4.69) is 32.7 Å². The van der Waals surface area contributed by atoms with Gasteiger partial charge in [-0.25, -0.2) is 0 Å². The third-order valence-electron chi connectivity index (χ3n) is 4.00. The molecule has 2 rings (SSSR count). The number of hydrogen-bond donors (Lipinski definition) is 2. The lowest BCUT2D eigenvalue weighted by molar-refractivity contribution is 0.195. The third-order valence-corrected chi connectivity index (χ3v) is 4.00. The highest BCUT2D eigenvalue weighted by Gasteiger charge is 2.25. The number of nitrogens with one attached hydrogen (secondary N) is 2. The molecule has 1 aliphatic heterocycles. The number of nitrogens with zero attached hydrogens (tertiary/aromatic N) is 2. The van der Waals surface area contributed by atoms with E-state index in [1.54, 1.807) is 21.3 Å². The van der Waals surface area contributed by atoms with Crippen LogP contribution >= 0.6 is 24.0 Å². The van der Waals surface area contributed by atoms with Crippen LogP contribution in [0.5, 0.6) is 5.75 Å². The Hall–Kier alpha value is -1.22. The van der Waals surface area contributed by atoms with Crippen LogP contribution in [0, 0.1) is 0 Å². The van der Waals surface area contributed by atoms with Crippen molar-refractivity contribution >= 4 is 35.6 Å². The van der Waals surface area contributed by atoms with E-state index in [1.165, 1.54) is 0 Å². The second kappa shape index (κ2) is 11.4. The molecular weight excluding hydrogens is 419 g/mol. The fourth-order valence-electron chi connectivity index (χ4n) is 2.80. The van der Waals surface area contributed by atoms with E-state index in [9.17, 15) is 0 Å². The Kier molecular flexibility index (Phi) is 9.85. The minimum absolute atomic E-state index is 0. The first-order valence-corrected chi connectivity index (χ1v) is 8.12. The molecule has 7 heteroatoms. The number of methoxy groups -OCH3 is 2. The maximum atomic E-state index is 5.46. The highest BCUT2D eigenvalue weighted by molar-refractivity contribution is 14.0. The zero-order valence-electron chi connectivity index (χ0n) is 14.7. The van der Waals surface area contributed by atoms with E-state index < -0.39 is 0 Å². The molecule has 2 N–H and O–H groups in total. The van der Waals surface area contributed by atoms with Gasteiger partial charge < -0.3 is 25.0 Å². The Labute approximate surface area is 162 Å². The average Bonchev–Trinajstić information content (AvgIpc) is 3.06. The lowest BCUT2D eigenvalue weighted by Crippen LogP contribution is -2.45. The number of rotatable bonds is 7. The van der Waals surface area contributed by atoms with Crippen LogP contribution in [-0.4, -0.2) is 59.5 Å². The molecule has 1 saturated heterocycles. The second-order valence-electron chi connectivity index (χ2n) is 5.59. The molecule has 0 radical (unpaired) electrons. The van der Waals surface area contributed by atoms with Crippen molar-refractivity contribution < 1.29 is 9.47 Å². The topological polar surface area (TPSA) is 58.1 Å². The maximum absolute atomic E-state index is 5.46. The number of guanidine groups is 1. The van der Waals surface area contributed by atoms with Gasteiger partial charge in [0.25, 0.3) is 0 Å². The van der Waals surface area contributed by atoms with Crippen molar-refractivity contribution in [2.45, 2.75) is 18.9 Å². The van der Waals surface area contributed by atoms with Crippen LogP contribution in [0.4, 0.5) is 5.69 Å². The Bertz CT molecular complexity index is 513. The van der Waals surface area contributed by atoms with Gasteiger partial charge in [-0.15, -0.1) is 24.0 Å². The summed E-state index contributed by atoms with van der Waals surface area (Å²) in [6, 6.07) is 8.55. The van der Waals surface area contributed by atoms with Crippen LogP contribution in [0.25, 0.3) is 0 Å². The number of ether oxygens (including phenoxy) is 2. The van der Waals surface area contributed by atoms with Gasteiger partial charge in [0.15, 0.2) is 5.96 Å². The molecular formula is C17H29IN4O2. The van der Waals surface area contributed by atoms with E-state index in [0.717, 1.165) is 56.5 Å². The maximum Gasteiger partial charge on any atom is 0.191 e. The first-order valence-electron chi connectivity index (χ1n) is 8.12. The molecule has 0 aliphatic carbocycles. The minimum Gasteiger partial charge on any atom is -0.495 e. The lowest BCUT2D eigenvalue weighted by Gasteiger charge is -2.22. The molecule has 0 amide bonds. The van der Waals surface area contributed by atoms with Crippen LogP contribution in [0.3, 0.4) is 0 Å². The van der Waals surface area contributed by atoms with Crippen molar-refractivity contribution in [1.29, 1.82) is 0 Å². The fourth-order valence-corrected chi connectivity index (χ4v) is 2.80. The lowest BCUT2D eigenvalue weighted by atomic mass is 10.2. The smallest absolute Gasteiger partial charge is 0.191 e. The second-order valence-corrected chi connectivity index (χ2v) is 5.59. The first kappa shape index (κ1) is 20.8. The number of para-hydroxylation sites is 2. The van der Waals surface area contributed by atoms with Crippen LogP contribution in [0.15, 0.2) is 29.3 Å². The summed E-state index contributed by atoms with van der Waals surface area (Å²) in [5.74, 6) is 1.78. The fraction of sp³-hybridized carbons (Fsp3) is 0.588. The summed E-state index contributed by atoms with van der Waals surface area (Å²) in [6.07, 6.45) is 2.05. The summed E-state index contributed by atoms with van der Waals surface area (Å²) >= 11 is 0. The summed E-state index contributed by atoms with van der Waals surface area (Å²) in [7, 11) is 5.24. The Morgan fingerprint density at radius 1 is 1.33 bits per heavy atom. The summed E-state index contributed by atoms with van der Waals surface area (Å²) in [4.78, 5) is 6.65. The molecule has 24 heavy (non-hydrogen) atoms. The number of benzene rings is 1. The molecule has 0 spiro atoms. The molecule has 0 aromatic heterocycles. The van der Waals surface area contributed by atoms with Gasteiger partial charge in [0.05, 0.1) is 12.8 Å². The molecule has 1 heterocycles. The SMILES string of the molecule is CN=C(NCCCOC)NC1CCN(c2ccccc2OC)C1.I. The van der Waals surface area contributed by atoms with Gasteiger partial charge in [-0.2, -0.15) is 0 Å². The highest BCUT2D eigenvalue weighted by Crippen LogP contribution is 2.30. The van der Waals surface area contributed by atoms with Crippen LogP contribution in [0.1, 0.15) is 12.8 Å². The van der Waals surface area contributed by atoms with Crippen molar-refractivity contribution in [2.24, 2.45) is 4.99 Å². The van der Waals surface area contributed by atoms with Crippen molar-refractivity contribution in [3.63, 3.8) is 0 Å². The molecule has 1 atom stereocenters. The molecule has 1 aromatic carbocycles. The first-order chi connectivity index (χ1) is 11.3. The standard InChI is InChI=1S/C17H28N4O2.HI/c1-18-17(19-10-6-12-22-2)20-14-9-11-21(13-14)15-7-4-5-8-16(15)23-3;/h4-5,7-8,14H,6,9-13H2,1-3H3,(H2,18,19,20);1H. The number of hydrogen-bond acceptors (Lipinski definition) is 4. The highest BCUT2D eigenvalue weighted by atomic mass is 127. The summed E-state index contributed by atoms with van der Waals surface area (Å²) in [5.41, 5.74) is 1.15. The number of anilines is 1. The van der Waals surface area contributed by atoms with Crippen molar-refractivity contribution in [1.82, 2.24) is 10.6 Å². The Balaban J connectivity index is 0.00000288. The summed E-state index contributed by atoms with van der Waals surface area (Å²) in [5, 5.41) is 6.82. The molecule has 0 bridgehead atoms. The van der Waals surface area contributed by atoms with Gasteiger partial charge >= 0.3 is 0 Å². The zero-order chi connectivity index (χ0) is 16.5. The molecule has 1 aromatic rings. The van der Waals surface area contributed by atoms with Gasteiger partial charge in [-0.3, -0.25) is 4.99 Å². The third kappa shape index (κ3) is 6.01. The monoisotopic (exact) mass is 448 g/mol.